The molecular weight excluding hydrogens is 342 g/mol. The molecule has 0 aliphatic rings. The predicted molar refractivity (Wildman–Crippen MR) is 84.6 cm³/mol. The Bertz CT molecular complexity index is 614. The van der Waals surface area contributed by atoms with E-state index in [1.807, 2.05) is 12.1 Å². The standard InChI is InChI=1S/C15H13BrClNO2/c1-20-14-7-6-12(8-13(14)16)18-15(19)11-4-2-10(9-17)3-5-11/h2-8H,9H2,1H3,(H,18,19). The molecule has 0 bridgehead atoms. The second kappa shape index (κ2) is 6.77. The minimum absolute atomic E-state index is 0.164. The molecule has 2 rings (SSSR count). The van der Waals surface area contributed by atoms with Crippen LogP contribution in [-0.4, -0.2) is 13.0 Å². The minimum Gasteiger partial charge on any atom is -0.496 e. The molecule has 0 saturated carbocycles. The number of benzene rings is 2. The van der Waals surface area contributed by atoms with Crippen LogP contribution in [0.4, 0.5) is 5.69 Å². The highest BCUT2D eigenvalue weighted by molar-refractivity contribution is 9.10. The molecule has 2 aromatic carbocycles. The largest absolute Gasteiger partial charge is 0.496 e. The Morgan fingerprint density at radius 1 is 1.25 bits per heavy atom. The van der Waals surface area contributed by atoms with Gasteiger partial charge >= 0.3 is 0 Å². The van der Waals surface area contributed by atoms with E-state index in [1.54, 1.807) is 37.4 Å². The molecule has 0 spiro atoms. The van der Waals surface area contributed by atoms with Gasteiger partial charge in [-0.05, 0) is 51.8 Å². The fourth-order valence-corrected chi connectivity index (χ4v) is 2.41. The van der Waals surface area contributed by atoms with E-state index in [0.717, 1.165) is 15.8 Å². The number of anilines is 1. The number of ether oxygens (including phenoxy) is 1. The van der Waals surface area contributed by atoms with E-state index in [0.29, 0.717) is 17.1 Å². The van der Waals surface area contributed by atoms with Crippen molar-refractivity contribution in [2.24, 2.45) is 0 Å². The normalized spacial score (nSPS) is 10.2. The number of hydrogen-bond acceptors (Lipinski definition) is 2. The Balaban J connectivity index is 2.12. The average molecular weight is 355 g/mol. The molecule has 0 unspecified atom stereocenters. The van der Waals surface area contributed by atoms with Crippen molar-refractivity contribution in [3.63, 3.8) is 0 Å². The predicted octanol–water partition coefficient (Wildman–Crippen LogP) is 4.45. The van der Waals surface area contributed by atoms with Crippen LogP contribution >= 0.6 is 27.5 Å². The van der Waals surface area contributed by atoms with Crippen LogP contribution in [0.1, 0.15) is 15.9 Å². The molecule has 1 N–H and O–H groups in total. The van der Waals surface area contributed by atoms with Crippen molar-refractivity contribution in [1.82, 2.24) is 0 Å². The lowest BCUT2D eigenvalue weighted by Gasteiger charge is -2.08. The third kappa shape index (κ3) is 3.52. The molecule has 2 aromatic rings. The molecule has 5 heteroatoms. The maximum atomic E-state index is 12.1. The van der Waals surface area contributed by atoms with E-state index in [9.17, 15) is 4.79 Å². The topological polar surface area (TPSA) is 38.3 Å². The summed E-state index contributed by atoms with van der Waals surface area (Å²) in [6.45, 7) is 0. The van der Waals surface area contributed by atoms with E-state index < -0.39 is 0 Å². The zero-order chi connectivity index (χ0) is 14.5. The number of halogens is 2. The van der Waals surface area contributed by atoms with Gasteiger partial charge in [0, 0.05) is 17.1 Å². The SMILES string of the molecule is COc1ccc(NC(=O)c2ccc(CCl)cc2)cc1Br. The molecule has 0 aliphatic heterocycles. The van der Waals surface area contributed by atoms with Crippen LogP contribution in [0.15, 0.2) is 46.9 Å². The van der Waals surface area contributed by atoms with Crippen molar-refractivity contribution in [1.29, 1.82) is 0 Å². The molecule has 0 saturated heterocycles. The van der Waals surface area contributed by atoms with Crippen LogP contribution in [0.25, 0.3) is 0 Å². The second-order valence-electron chi connectivity index (χ2n) is 4.13. The highest BCUT2D eigenvalue weighted by Crippen LogP contribution is 2.27. The number of hydrogen-bond donors (Lipinski definition) is 1. The third-order valence-corrected chi connectivity index (χ3v) is 3.71. The molecule has 0 radical (unpaired) electrons. The first kappa shape index (κ1) is 14.9. The summed E-state index contributed by atoms with van der Waals surface area (Å²) < 4.78 is 5.93. The summed E-state index contributed by atoms with van der Waals surface area (Å²) in [5.74, 6) is 0.991. The second-order valence-corrected chi connectivity index (χ2v) is 5.26. The number of alkyl halides is 1. The molecule has 0 heterocycles. The fourth-order valence-electron chi connectivity index (χ4n) is 1.69. The van der Waals surface area contributed by atoms with Gasteiger partial charge in [-0.15, -0.1) is 11.6 Å². The Kier molecular flexibility index (Phi) is 5.04. The van der Waals surface area contributed by atoms with Crippen LogP contribution in [0.3, 0.4) is 0 Å². The molecule has 0 aliphatic carbocycles. The summed E-state index contributed by atoms with van der Waals surface area (Å²) in [6.07, 6.45) is 0. The van der Waals surface area contributed by atoms with Crippen LogP contribution in [0.5, 0.6) is 5.75 Å². The average Bonchev–Trinajstić information content (AvgIpc) is 2.47. The monoisotopic (exact) mass is 353 g/mol. The van der Waals surface area contributed by atoms with Crippen molar-refractivity contribution in [2.45, 2.75) is 5.88 Å². The van der Waals surface area contributed by atoms with Gasteiger partial charge < -0.3 is 10.1 Å². The molecular formula is C15H13BrClNO2. The minimum atomic E-state index is -0.164. The van der Waals surface area contributed by atoms with Crippen molar-refractivity contribution in [3.8, 4) is 5.75 Å². The fraction of sp³-hybridized carbons (Fsp3) is 0.133. The van der Waals surface area contributed by atoms with Gasteiger partial charge in [0.2, 0.25) is 0 Å². The van der Waals surface area contributed by atoms with Gasteiger partial charge in [0.1, 0.15) is 5.75 Å². The van der Waals surface area contributed by atoms with Gasteiger partial charge in [0.05, 0.1) is 11.6 Å². The van der Waals surface area contributed by atoms with Gasteiger partial charge in [0.15, 0.2) is 0 Å². The van der Waals surface area contributed by atoms with Crippen molar-refractivity contribution in [3.05, 3.63) is 58.1 Å². The molecule has 3 nitrogen and oxygen atoms in total. The summed E-state index contributed by atoms with van der Waals surface area (Å²) in [7, 11) is 1.59. The van der Waals surface area contributed by atoms with Crippen LogP contribution < -0.4 is 10.1 Å². The number of rotatable bonds is 4. The van der Waals surface area contributed by atoms with Gasteiger partial charge in [-0.1, -0.05) is 12.1 Å². The Labute approximate surface area is 131 Å². The highest BCUT2D eigenvalue weighted by atomic mass is 79.9. The van der Waals surface area contributed by atoms with Crippen molar-refractivity contribution < 1.29 is 9.53 Å². The van der Waals surface area contributed by atoms with Gasteiger partial charge in [0.25, 0.3) is 5.91 Å². The quantitative estimate of drug-likeness (QED) is 0.824. The lowest BCUT2D eigenvalue weighted by molar-refractivity contribution is 0.102. The Morgan fingerprint density at radius 2 is 1.95 bits per heavy atom. The summed E-state index contributed by atoms with van der Waals surface area (Å²) in [6, 6.07) is 12.6. The number of amides is 1. The maximum Gasteiger partial charge on any atom is 0.255 e. The Hall–Kier alpha value is -1.52. The van der Waals surface area contributed by atoms with E-state index >= 15 is 0 Å². The van der Waals surface area contributed by atoms with Crippen LogP contribution in [0.2, 0.25) is 0 Å². The number of carbonyl (C=O) groups excluding carboxylic acids is 1. The van der Waals surface area contributed by atoms with Crippen LogP contribution in [-0.2, 0) is 5.88 Å². The molecule has 104 valence electrons. The van der Waals surface area contributed by atoms with Crippen molar-refractivity contribution in [2.75, 3.05) is 12.4 Å². The first-order chi connectivity index (χ1) is 9.63. The smallest absolute Gasteiger partial charge is 0.255 e. The third-order valence-electron chi connectivity index (χ3n) is 2.78. The van der Waals surface area contributed by atoms with Gasteiger partial charge in [-0.25, -0.2) is 0 Å². The molecule has 0 fully saturated rings. The number of methoxy groups -OCH3 is 1. The number of carbonyl (C=O) groups is 1. The first-order valence-corrected chi connectivity index (χ1v) is 7.26. The summed E-state index contributed by atoms with van der Waals surface area (Å²) >= 11 is 9.10. The summed E-state index contributed by atoms with van der Waals surface area (Å²) in [5.41, 5.74) is 2.27. The van der Waals surface area contributed by atoms with Gasteiger partial charge in [-0.2, -0.15) is 0 Å². The maximum absolute atomic E-state index is 12.1. The van der Waals surface area contributed by atoms with E-state index in [-0.39, 0.29) is 5.91 Å². The number of nitrogens with one attached hydrogen (secondary N) is 1. The molecule has 20 heavy (non-hydrogen) atoms. The van der Waals surface area contributed by atoms with E-state index in [2.05, 4.69) is 21.2 Å². The molecule has 1 amide bonds. The zero-order valence-electron chi connectivity index (χ0n) is 10.8. The Morgan fingerprint density at radius 3 is 2.50 bits per heavy atom. The first-order valence-electron chi connectivity index (χ1n) is 5.94. The molecule has 0 atom stereocenters. The van der Waals surface area contributed by atoms with E-state index in [4.69, 9.17) is 16.3 Å². The van der Waals surface area contributed by atoms with Gasteiger partial charge in [-0.3, -0.25) is 4.79 Å². The lowest BCUT2D eigenvalue weighted by Crippen LogP contribution is -2.11. The van der Waals surface area contributed by atoms with Crippen molar-refractivity contribution >= 4 is 39.1 Å². The summed E-state index contributed by atoms with van der Waals surface area (Å²) in [5, 5.41) is 2.83. The summed E-state index contributed by atoms with van der Waals surface area (Å²) in [4.78, 5) is 12.1. The van der Waals surface area contributed by atoms with E-state index in [1.165, 1.54) is 0 Å². The van der Waals surface area contributed by atoms with Crippen LogP contribution in [0, 0.1) is 0 Å². The highest BCUT2D eigenvalue weighted by Gasteiger charge is 2.07. The molecule has 0 aromatic heterocycles. The lowest BCUT2D eigenvalue weighted by atomic mass is 10.1. The zero-order valence-corrected chi connectivity index (χ0v) is 13.2.